The van der Waals surface area contributed by atoms with Gasteiger partial charge in [-0.05, 0) is 12.8 Å². The second-order valence-corrected chi connectivity index (χ2v) is 7.13. The Kier molecular flexibility index (Phi) is 6.55. The van der Waals surface area contributed by atoms with Gasteiger partial charge in [0.05, 0.1) is 12.9 Å². The van der Waals surface area contributed by atoms with Crippen LogP contribution in [0.4, 0.5) is 5.95 Å². The van der Waals surface area contributed by atoms with Crippen LogP contribution in [0.25, 0.3) is 11.2 Å². The summed E-state index contributed by atoms with van der Waals surface area (Å²) in [7, 11) is 0. The molecule has 32 heavy (non-hydrogen) atoms. The first-order valence-corrected chi connectivity index (χ1v) is 9.86. The van der Waals surface area contributed by atoms with Gasteiger partial charge in [0, 0.05) is 34.2 Å². The molecule has 0 N–H and O–H groups in total. The van der Waals surface area contributed by atoms with Crippen LogP contribution in [-0.4, -0.2) is 55.8 Å². The summed E-state index contributed by atoms with van der Waals surface area (Å²) in [5, 5.41) is 0. The van der Waals surface area contributed by atoms with E-state index in [-0.39, 0.29) is 29.7 Å². The summed E-state index contributed by atoms with van der Waals surface area (Å²) in [5.41, 5.74) is -0.405. The van der Waals surface area contributed by atoms with Gasteiger partial charge in [0.1, 0.15) is 0 Å². The van der Waals surface area contributed by atoms with E-state index in [1.165, 1.54) is 20.2 Å². The Morgan fingerprint density at radius 3 is 2.22 bits per heavy atom. The van der Waals surface area contributed by atoms with Crippen LogP contribution in [-0.2, 0) is 39.9 Å². The van der Waals surface area contributed by atoms with Gasteiger partial charge in [-0.2, -0.15) is 4.98 Å². The van der Waals surface area contributed by atoms with Crippen LogP contribution < -0.4 is 10.5 Å². The number of imidazole rings is 1. The molecule has 3 rings (SSSR count). The molecule has 1 amide bonds. The molecule has 2 aromatic heterocycles. The molecule has 172 valence electrons. The van der Waals surface area contributed by atoms with Crippen molar-refractivity contribution >= 4 is 40.9 Å². The lowest BCUT2D eigenvalue weighted by Gasteiger charge is -2.24. The number of hydrogen-bond acceptors (Lipinski definition) is 10. The van der Waals surface area contributed by atoms with Crippen molar-refractivity contribution < 1.29 is 33.4 Å². The molecule has 2 aromatic rings. The molecule has 0 saturated carbocycles. The van der Waals surface area contributed by atoms with Gasteiger partial charge in [-0.1, -0.05) is 0 Å². The van der Waals surface area contributed by atoms with Gasteiger partial charge in [-0.3, -0.25) is 24.0 Å². The molecule has 0 fully saturated rings. The summed E-state index contributed by atoms with van der Waals surface area (Å²) in [4.78, 5) is 69.3. The van der Waals surface area contributed by atoms with Crippen LogP contribution >= 0.6 is 0 Å². The minimum atomic E-state index is -1.41. The molecule has 13 nitrogen and oxygen atoms in total. The Bertz CT molecular complexity index is 1140. The first kappa shape index (κ1) is 22.9. The normalized spacial score (nSPS) is 17.2. The molecule has 0 bridgehead atoms. The zero-order valence-corrected chi connectivity index (χ0v) is 18.1. The van der Waals surface area contributed by atoms with Crippen LogP contribution in [0.2, 0.25) is 0 Å². The highest BCUT2D eigenvalue weighted by Gasteiger charge is 2.47. The third-order valence-corrected chi connectivity index (χ3v) is 4.64. The molecule has 0 saturated heterocycles. The van der Waals surface area contributed by atoms with Gasteiger partial charge >= 0.3 is 17.9 Å². The highest BCUT2D eigenvalue weighted by atomic mass is 16.6. The minimum absolute atomic E-state index is 0.0811. The Morgan fingerprint density at radius 2 is 1.62 bits per heavy atom. The molecule has 2 atom stereocenters. The van der Waals surface area contributed by atoms with Gasteiger partial charge in [0.25, 0.3) is 5.56 Å². The summed E-state index contributed by atoms with van der Waals surface area (Å²) in [6.45, 7) is 5.42. The van der Waals surface area contributed by atoms with Crippen LogP contribution in [0.5, 0.6) is 0 Å². The number of hydrogen-bond donors (Lipinski definition) is 0. The monoisotopic (exact) mass is 449 g/mol. The highest BCUT2D eigenvalue weighted by Crippen LogP contribution is 2.34. The lowest BCUT2D eigenvalue weighted by atomic mass is 10.3. The minimum Gasteiger partial charge on any atom is -0.466 e. The van der Waals surface area contributed by atoms with E-state index in [1.807, 2.05) is 0 Å². The van der Waals surface area contributed by atoms with Crippen molar-refractivity contribution in [3.05, 3.63) is 16.7 Å². The number of nitrogens with zero attached hydrogens (tertiary/aromatic N) is 5. The second kappa shape index (κ2) is 9.16. The SMILES string of the molecule is CC(=O)OCCCCn1cnc2nc3n(c(=O)c21)C(OC(C)=O)C(OC(C)=O)N3C(C)=O. The van der Waals surface area contributed by atoms with Crippen molar-refractivity contribution in [3.8, 4) is 0 Å². The molecular weight excluding hydrogens is 426 g/mol. The third kappa shape index (κ3) is 4.45. The number of amides is 1. The molecule has 0 aliphatic carbocycles. The third-order valence-electron chi connectivity index (χ3n) is 4.64. The number of rotatable bonds is 7. The number of aryl methyl sites for hydroxylation is 1. The number of unbranched alkanes of at least 4 members (excludes halogenated alkanes) is 1. The first-order chi connectivity index (χ1) is 15.1. The van der Waals surface area contributed by atoms with E-state index >= 15 is 0 Å². The van der Waals surface area contributed by atoms with Crippen molar-refractivity contribution in [3.63, 3.8) is 0 Å². The summed E-state index contributed by atoms with van der Waals surface area (Å²) >= 11 is 0. The summed E-state index contributed by atoms with van der Waals surface area (Å²) in [6, 6.07) is 0. The van der Waals surface area contributed by atoms with Crippen molar-refractivity contribution in [2.45, 2.75) is 59.5 Å². The quantitative estimate of drug-likeness (QED) is 0.327. The molecule has 1 aliphatic heterocycles. The van der Waals surface area contributed by atoms with E-state index in [4.69, 9.17) is 14.2 Å². The second-order valence-electron chi connectivity index (χ2n) is 7.13. The van der Waals surface area contributed by atoms with Crippen molar-refractivity contribution in [2.24, 2.45) is 0 Å². The van der Waals surface area contributed by atoms with Gasteiger partial charge in [-0.25, -0.2) is 14.5 Å². The topological polar surface area (TPSA) is 152 Å². The van der Waals surface area contributed by atoms with E-state index < -0.39 is 35.9 Å². The number of aromatic nitrogens is 4. The fourth-order valence-electron chi connectivity index (χ4n) is 3.45. The maximum atomic E-state index is 13.4. The molecular formula is C19H23N5O8. The Balaban J connectivity index is 2.03. The van der Waals surface area contributed by atoms with Crippen LogP contribution in [0.3, 0.4) is 0 Å². The molecule has 1 aliphatic rings. The van der Waals surface area contributed by atoms with E-state index in [9.17, 15) is 24.0 Å². The zero-order chi connectivity index (χ0) is 23.6. The highest BCUT2D eigenvalue weighted by molar-refractivity contribution is 5.92. The van der Waals surface area contributed by atoms with Crippen molar-refractivity contribution in [1.29, 1.82) is 0 Å². The molecule has 3 heterocycles. The number of carbonyl (C=O) groups is 4. The van der Waals surface area contributed by atoms with Crippen molar-refractivity contribution in [1.82, 2.24) is 19.1 Å². The Hall–Kier alpha value is -3.77. The number of carbonyl (C=O) groups excluding carboxylic acids is 4. The largest absolute Gasteiger partial charge is 0.466 e. The number of fused-ring (bicyclic) bond motifs is 2. The molecule has 2 unspecified atom stereocenters. The maximum Gasteiger partial charge on any atom is 0.304 e. The standard InChI is InChI=1S/C19H23N5O8/c1-10(25)23-17(31-12(3)27)18(32-13(4)28)24-16(29)14-15(21-19(23)24)20-9-22(14)7-5-6-8-30-11(2)26/h9,17-18H,5-8H2,1-4H3. The van der Waals surface area contributed by atoms with Crippen molar-refractivity contribution in [2.75, 3.05) is 11.5 Å². The van der Waals surface area contributed by atoms with E-state index in [2.05, 4.69) is 9.97 Å². The molecule has 0 spiro atoms. The Morgan fingerprint density at radius 1 is 0.969 bits per heavy atom. The average Bonchev–Trinajstić information content (AvgIpc) is 3.20. The van der Waals surface area contributed by atoms with Crippen LogP contribution in [0.1, 0.15) is 46.8 Å². The van der Waals surface area contributed by atoms with Crippen LogP contribution in [0, 0.1) is 0 Å². The van der Waals surface area contributed by atoms with E-state index in [1.54, 1.807) is 4.57 Å². The maximum absolute atomic E-state index is 13.4. The predicted molar refractivity (Wildman–Crippen MR) is 107 cm³/mol. The molecule has 13 heteroatoms. The van der Waals surface area contributed by atoms with Gasteiger partial charge in [-0.15, -0.1) is 0 Å². The van der Waals surface area contributed by atoms with Gasteiger partial charge < -0.3 is 18.8 Å². The van der Waals surface area contributed by atoms with Gasteiger partial charge in [0.2, 0.25) is 24.3 Å². The number of anilines is 1. The fourth-order valence-corrected chi connectivity index (χ4v) is 3.45. The summed E-state index contributed by atoms with van der Waals surface area (Å²) in [5.74, 6) is -2.57. The van der Waals surface area contributed by atoms with E-state index in [0.29, 0.717) is 19.4 Å². The van der Waals surface area contributed by atoms with E-state index in [0.717, 1.165) is 23.3 Å². The average molecular weight is 449 g/mol. The van der Waals surface area contributed by atoms with Crippen LogP contribution in [0.15, 0.2) is 11.1 Å². The summed E-state index contributed by atoms with van der Waals surface area (Å²) in [6.07, 6.45) is -0.210. The predicted octanol–water partition coefficient (Wildman–Crippen LogP) is 0.254. The lowest BCUT2D eigenvalue weighted by Crippen LogP contribution is -2.42. The smallest absolute Gasteiger partial charge is 0.304 e. The fraction of sp³-hybridized carbons (Fsp3) is 0.526. The number of ether oxygens (including phenoxy) is 3. The van der Waals surface area contributed by atoms with Gasteiger partial charge in [0.15, 0.2) is 11.2 Å². The molecule has 0 radical (unpaired) electrons. The number of esters is 3. The molecule has 0 aromatic carbocycles. The Labute approximate surface area is 181 Å². The summed E-state index contributed by atoms with van der Waals surface area (Å²) < 4.78 is 17.9. The zero-order valence-electron chi connectivity index (χ0n) is 18.1. The first-order valence-electron chi connectivity index (χ1n) is 9.86. The lowest BCUT2D eigenvalue weighted by molar-refractivity contribution is -0.171.